The van der Waals surface area contributed by atoms with Gasteiger partial charge in [-0.3, -0.25) is 0 Å². The van der Waals surface area contributed by atoms with E-state index in [1.54, 1.807) is 0 Å². The number of fused-ring (bicyclic) bond motifs is 1. The van der Waals surface area contributed by atoms with Gasteiger partial charge in [0, 0.05) is 11.4 Å². The van der Waals surface area contributed by atoms with Gasteiger partial charge in [-0.1, -0.05) is 146 Å². The highest BCUT2D eigenvalue weighted by atomic mass is 14.9. The van der Waals surface area contributed by atoms with E-state index in [4.69, 9.17) is 0 Å². The molecule has 1 N–H and O–H groups in total. The molecule has 0 heterocycles. The Hall–Kier alpha value is -6.18. The third-order valence-electron chi connectivity index (χ3n) is 8.79. The Morgan fingerprint density at radius 3 is 1.26 bits per heavy atom. The minimum atomic E-state index is 1.05. The van der Waals surface area contributed by atoms with Crippen molar-refractivity contribution in [3.05, 3.63) is 194 Å². The fraction of sp³-hybridized carbons (Fsp3) is 0. The summed E-state index contributed by atoms with van der Waals surface area (Å²) >= 11 is 0. The Morgan fingerprint density at radius 2 is 0.681 bits per heavy atom. The van der Waals surface area contributed by atoms with E-state index in [0.717, 1.165) is 11.4 Å². The summed E-state index contributed by atoms with van der Waals surface area (Å²) in [6.45, 7) is 0. The fourth-order valence-electron chi connectivity index (χ4n) is 6.43. The van der Waals surface area contributed by atoms with Gasteiger partial charge in [-0.15, -0.1) is 0 Å². The Morgan fingerprint density at radius 1 is 0.255 bits per heavy atom. The molecule has 8 rings (SSSR count). The third-order valence-corrected chi connectivity index (χ3v) is 8.79. The number of nitrogens with one attached hydrogen (secondary N) is 1. The molecule has 47 heavy (non-hydrogen) atoms. The Balaban J connectivity index is 1.16. The average molecular weight is 600 g/mol. The lowest BCUT2D eigenvalue weighted by Gasteiger charge is -2.15. The predicted molar refractivity (Wildman–Crippen MR) is 201 cm³/mol. The summed E-state index contributed by atoms with van der Waals surface area (Å²) in [6, 6.07) is 69.5. The second-order valence-electron chi connectivity index (χ2n) is 11.9. The van der Waals surface area contributed by atoms with E-state index < -0.39 is 0 Å². The van der Waals surface area contributed by atoms with E-state index >= 15 is 0 Å². The normalized spacial score (nSPS) is 11.0. The van der Waals surface area contributed by atoms with Crippen molar-refractivity contribution in [1.82, 2.24) is 0 Å². The van der Waals surface area contributed by atoms with Gasteiger partial charge in [0.25, 0.3) is 0 Å². The zero-order chi connectivity index (χ0) is 31.4. The summed E-state index contributed by atoms with van der Waals surface area (Å²) in [5.41, 5.74) is 14.1. The maximum absolute atomic E-state index is 3.73. The SMILES string of the molecule is c1ccc(-c2cc(-c3ccccc3)cc(-c3ccc(Nc4cc(-c5ccccc5)cc(-c5cccc6ccccc56)c4)cc3)c2)cc1. The Labute approximate surface area is 276 Å². The molecule has 0 bridgehead atoms. The molecule has 0 fully saturated rings. The van der Waals surface area contributed by atoms with Crippen LogP contribution in [0.2, 0.25) is 0 Å². The number of benzene rings is 8. The van der Waals surface area contributed by atoms with Crippen LogP contribution in [-0.4, -0.2) is 0 Å². The van der Waals surface area contributed by atoms with Crippen molar-refractivity contribution in [2.45, 2.75) is 0 Å². The number of hydrogen-bond acceptors (Lipinski definition) is 1. The van der Waals surface area contributed by atoms with Crippen LogP contribution in [-0.2, 0) is 0 Å². The number of rotatable bonds is 7. The van der Waals surface area contributed by atoms with Gasteiger partial charge >= 0.3 is 0 Å². The van der Waals surface area contributed by atoms with Crippen LogP contribution in [0, 0.1) is 0 Å². The van der Waals surface area contributed by atoms with Crippen LogP contribution >= 0.6 is 0 Å². The molecule has 8 aromatic rings. The third kappa shape index (κ3) is 6.08. The molecule has 1 nitrogen and oxygen atoms in total. The maximum Gasteiger partial charge on any atom is 0.0396 e. The van der Waals surface area contributed by atoms with Crippen LogP contribution in [0.5, 0.6) is 0 Å². The van der Waals surface area contributed by atoms with Crippen LogP contribution in [0.25, 0.3) is 66.4 Å². The zero-order valence-electron chi connectivity index (χ0n) is 26.0. The second kappa shape index (κ2) is 12.7. The largest absolute Gasteiger partial charge is 0.355 e. The van der Waals surface area contributed by atoms with E-state index in [-0.39, 0.29) is 0 Å². The molecular formula is C46H33N. The molecule has 0 aliphatic heterocycles. The maximum atomic E-state index is 3.73. The quantitative estimate of drug-likeness (QED) is 0.192. The summed E-state index contributed by atoms with van der Waals surface area (Å²) in [7, 11) is 0. The Kier molecular flexibility index (Phi) is 7.63. The van der Waals surface area contributed by atoms with Crippen LogP contribution in [0.1, 0.15) is 0 Å². The average Bonchev–Trinajstić information content (AvgIpc) is 3.15. The standard InChI is InChI=1S/C46H33N/c1-4-13-33(14-5-1)38-27-39(34-15-6-2-7-16-34)29-40(28-38)36-23-25-43(26-24-36)47-44-31-41(35-17-8-3-9-18-35)30-42(32-44)46-22-12-20-37-19-10-11-21-45(37)46/h1-32,47H. The molecule has 222 valence electrons. The molecule has 0 aromatic heterocycles. The lowest BCUT2D eigenvalue weighted by Crippen LogP contribution is -1.93. The molecule has 0 saturated heterocycles. The molecule has 0 amide bonds. The first-order valence-electron chi connectivity index (χ1n) is 16.1. The van der Waals surface area contributed by atoms with Crippen molar-refractivity contribution >= 4 is 22.1 Å². The predicted octanol–water partition coefficient (Wildman–Crippen LogP) is 12.9. The van der Waals surface area contributed by atoms with Gasteiger partial charge in [0.2, 0.25) is 0 Å². The lowest BCUT2D eigenvalue weighted by molar-refractivity contribution is 1.52. The second-order valence-corrected chi connectivity index (χ2v) is 11.9. The first-order chi connectivity index (χ1) is 23.3. The lowest BCUT2D eigenvalue weighted by atomic mass is 9.93. The van der Waals surface area contributed by atoms with Gasteiger partial charge in [-0.25, -0.2) is 0 Å². The number of hydrogen-bond donors (Lipinski definition) is 1. The molecule has 0 saturated carbocycles. The zero-order valence-corrected chi connectivity index (χ0v) is 26.0. The molecule has 0 atom stereocenters. The monoisotopic (exact) mass is 599 g/mol. The summed E-state index contributed by atoms with van der Waals surface area (Å²) in [5.74, 6) is 0. The van der Waals surface area contributed by atoms with E-state index in [0.29, 0.717) is 0 Å². The van der Waals surface area contributed by atoms with E-state index in [1.165, 1.54) is 66.4 Å². The molecule has 0 aliphatic rings. The summed E-state index contributed by atoms with van der Waals surface area (Å²) < 4.78 is 0. The highest BCUT2D eigenvalue weighted by Gasteiger charge is 2.11. The number of anilines is 2. The van der Waals surface area contributed by atoms with E-state index in [2.05, 4.69) is 199 Å². The van der Waals surface area contributed by atoms with Crippen molar-refractivity contribution in [2.24, 2.45) is 0 Å². The van der Waals surface area contributed by atoms with Crippen molar-refractivity contribution in [3.8, 4) is 55.6 Å². The van der Waals surface area contributed by atoms with Crippen LogP contribution < -0.4 is 5.32 Å². The van der Waals surface area contributed by atoms with Gasteiger partial charge in [0.1, 0.15) is 0 Å². The molecule has 0 spiro atoms. The van der Waals surface area contributed by atoms with Gasteiger partial charge in [-0.2, -0.15) is 0 Å². The minimum absolute atomic E-state index is 1.05. The van der Waals surface area contributed by atoms with Crippen molar-refractivity contribution in [3.63, 3.8) is 0 Å². The van der Waals surface area contributed by atoms with E-state index in [1.807, 2.05) is 0 Å². The summed E-state index contributed by atoms with van der Waals surface area (Å²) in [4.78, 5) is 0. The van der Waals surface area contributed by atoms with Gasteiger partial charge in [0.05, 0.1) is 0 Å². The van der Waals surface area contributed by atoms with Gasteiger partial charge in [-0.05, 0) is 115 Å². The minimum Gasteiger partial charge on any atom is -0.355 e. The molecular weight excluding hydrogens is 567 g/mol. The van der Waals surface area contributed by atoms with Crippen molar-refractivity contribution < 1.29 is 0 Å². The molecule has 0 unspecified atom stereocenters. The highest BCUT2D eigenvalue weighted by molar-refractivity contribution is 5.98. The van der Waals surface area contributed by atoms with Crippen LogP contribution in [0.3, 0.4) is 0 Å². The molecule has 1 heteroatoms. The summed E-state index contributed by atoms with van der Waals surface area (Å²) in [6.07, 6.45) is 0. The Bertz CT molecular complexity index is 2220. The van der Waals surface area contributed by atoms with E-state index in [9.17, 15) is 0 Å². The fourth-order valence-corrected chi connectivity index (χ4v) is 6.43. The van der Waals surface area contributed by atoms with Crippen molar-refractivity contribution in [1.29, 1.82) is 0 Å². The summed E-state index contributed by atoms with van der Waals surface area (Å²) in [5, 5.41) is 6.22. The van der Waals surface area contributed by atoms with Crippen LogP contribution in [0.15, 0.2) is 194 Å². The topological polar surface area (TPSA) is 12.0 Å². The van der Waals surface area contributed by atoms with Gasteiger partial charge in [0.15, 0.2) is 0 Å². The first-order valence-corrected chi connectivity index (χ1v) is 16.1. The van der Waals surface area contributed by atoms with Crippen LogP contribution in [0.4, 0.5) is 11.4 Å². The van der Waals surface area contributed by atoms with Crippen molar-refractivity contribution in [2.75, 3.05) is 5.32 Å². The molecule has 8 aromatic carbocycles. The van der Waals surface area contributed by atoms with Gasteiger partial charge < -0.3 is 5.32 Å². The molecule has 0 aliphatic carbocycles. The highest BCUT2D eigenvalue weighted by Crippen LogP contribution is 2.37. The molecule has 0 radical (unpaired) electrons. The first kappa shape index (κ1) is 28.3. The smallest absolute Gasteiger partial charge is 0.0396 e.